The minimum absolute atomic E-state index is 0.543. The summed E-state index contributed by atoms with van der Waals surface area (Å²) in [5.74, 6) is 3.86. The van der Waals surface area contributed by atoms with Gasteiger partial charge >= 0.3 is 0 Å². The van der Waals surface area contributed by atoms with E-state index in [1.807, 2.05) is 0 Å². The molecule has 6 nitrogen and oxygen atoms in total. The molecule has 0 spiro atoms. The molecule has 0 N–H and O–H groups in total. The number of nitrogens with zero attached hydrogens (tertiary/aromatic N) is 5. The summed E-state index contributed by atoms with van der Waals surface area (Å²) in [6.45, 7) is 8.26. The molecule has 3 aliphatic rings. The number of hydrogen-bond acceptors (Lipinski definition) is 5. The Bertz CT molecular complexity index is 577. The summed E-state index contributed by atoms with van der Waals surface area (Å²) in [6, 6.07) is 0. The second-order valence-electron chi connectivity index (χ2n) is 8.85. The van der Waals surface area contributed by atoms with Gasteiger partial charge in [0.2, 0.25) is 0 Å². The lowest BCUT2D eigenvalue weighted by molar-refractivity contribution is 0.0326. The van der Waals surface area contributed by atoms with Crippen LogP contribution in [0.1, 0.15) is 68.9 Å². The van der Waals surface area contributed by atoms with Crippen molar-refractivity contribution in [3.63, 3.8) is 0 Å². The summed E-state index contributed by atoms with van der Waals surface area (Å²) < 4.78 is 7.72. The van der Waals surface area contributed by atoms with Crippen LogP contribution in [0, 0.1) is 5.92 Å². The molecule has 4 rings (SSSR count). The van der Waals surface area contributed by atoms with Crippen LogP contribution in [0.4, 0.5) is 0 Å². The normalized spacial score (nSPS) is 26.0. The fourth-order valence-electron chi connectivity index (χ4n) is 5.20. The number of hydrogen-bond donors (Lipinski definition) is 0. The van der Waals surface area contributed by atoms with E-state index < -0.39 is 0 Å². The van der Waals surface area contributed by atoms with Crippen LogP contribution in [-0.2, 0) is 18.3 Å². The van der Waals surface area contributed by atoms with Crippen LogP contribution in [0.25, 0.3) is 0 Å². The largest absolute Gasteiger partial charge is 0.379 e. The summed E-state index contributed by atoms with van der Waals surface area (Å²) in [5, 5.41) is 9.15. The van der Waals surface area contributed by atoms with Gasteiger partial charge in [0.25, 0.3) is 0 Å². The molecular formula is C21H37N5O. The van der Waals surface area contributed by atoms with Crippen LogP contribution in [-0.4, -0.2) is 70.5 Å². The molecule has 1 aromatic heterocycles. The molecule has 6 heteroatoms. The molecule has 0 bridgehead atoms. The monoisotopic (exact) mass is 375 g/mol. The van der Waals surface area contributed by atoms with Gasteiger partial charge in [0, 0.05) is 32.6 Å². The van der Waals surface area contributed by atoms with Crippen LogP contribution in [0.5, 0.6) is 0 Å². The molecule has 152 valence electrons. The molecule has 2 aliphatic heterocycles. The molecule has 3 fully saturated rings. The Morgan fingerprint density at radius 1 is 0.963 bits per heavy atom. The minimum Gasteiger partial charge on any atom is -0.379 e. The third-order valence-corrected chi connectivity index (χ3v) is 6.90. The predicted molar refractivity (Wildman–Crippen MR) is 107 cm³/mol. The van der Waals surface area contributed by atoms with E-state index in [1.165, 1.54) is 70.3 Å². The first kappa shape index (κ1) is 19.3. The van der Waals surface area contributed by atoms with Crippen molar-refractivity contribution < 1.29 is 4.74 Å². The van der Waals surface area contributed by atoms with Gasteiger partial charge in [-0.25, -0.2) is 0 Å². The van der Waals surface area contributed by atoms with Crippen LogP contribution in [0.15, 0.2) is 0 Å². The fraction of sp³-hybridized carbons (Fsp3) is 0.905. The second-order valence-corrected chi connectivity index (χ2v) is 8.85. The van der Waals surface area contributed by atoms with Gasteiger partial charge in [-0.1, -0.05) is 25.7 Å². The van der Waals surface area contributed by atoms with E-state index in [4.69, 9.17) is 4.74 Å². The molecular weight excluding hydrogens is 338 g/mol. The topological polar surface area (TPSA) is 46.4 Å². The Morgan fingerprint density at radius 2 is 1.78 bits per heavy atom. The number of ether oxygens (including phenoxy) is 1. The van der Waals surface area contributed by atoms with Gasteiger partial charge in [-0.15, -0.1) is 10.2 Å². The van der Waals surface area contributed by atoms with Gasteiger partial charge in [-0.05, 0) is 44.7 Å². The van der Waals surface area contributed by atoms with E-state index in [2.05, 4.69) is 31.6 Å². The van der Waals surface area contributed by atoms with Crippen molar-refractivity contribution >= 4 is 0 Å². The van der Waals surface area contributed by atoms with Gasteiger partial charge in [-0.2, -0.15) is 0 Å². The Labute approximate surface area is 164 Å². The Hall–Kier alpha value is -0.980. The zero-order chi connectivity index (χ0) is 18.5. The van der Waals surface area contributed by atoms with E-state index in [1.54, 1.807) is 0 Å². The molecule has 0 amide bonds. The summed E-state index contributed by atoms with van der Waals surface area (Å²) >= 11 is 0. The Balaban J connectivity index is 1.28. The van der Waals surface area contributed by atoms with Gasteiger partial charge < -0.3 is 14.2 Å². The third kappa shape index (κ3) is 5.09. The van der Waals surface area contributed by atoms with E-state index in [-0.39, 0.29) is 0 Å². The molecule has 1 unspecified atom stereocenters. The highest BCUT2D eigenvalue weighted by Crippen LogP contribution is 2.30. The molecule has 1 aliphatic carbocycles. The van der Waals surface area contributed by atoms with Crippen molar-refractivity contribution in [1.29, 1.82) is 0 Å². The van der Waals surface area contributed by atoms with Crippen molar-refractivity contribution in [2.45, 2.75) is 63.8 Å². The second kappa shape index (κ2) is 9.48. The minimum atomic E-state index is 0.543. The zero-order valence-corrected chi connectivity index (χ0v) is 17.1. The lowest BCUT2D eigenvalue weighted by Gasteiger charge is -2.32. The van der Waals surface area contributed by atoms with Gasteiger partial charge in [0.15, 0.2) is 0 Å². The van der Waals surface area contributed by atoms with Gasteiger partial charge in [0.1, 0.15) is 11.6 Å². The number of aromatic nitrogens is 3. The van der Waals surface area contributed by atoms with Gasteiger partial charge in [-0.3, -0.25) is 4.90 Å². The van der Waals surface area contributed by atoms with Crippen LogP contribution in [0.2, 0.25) is 0 Å². The van der Waals surface area contributed by atoms with E-state index >= 15 is 0 Å². The van der Waals surface area contributed by atoms with Crippen LogP contribution < -0.4 is 0 Å². The van der Waals surface area contributed by atoms with Crippen molar-refractivity contribution in [2.24, 2.45) is 13.0 Å². The molecule has 0 aromatic carbocycles. The summed E-state index contributed by atoms with van der Waals surface area (Å²) in [5.41, 5.74) is 0. The third-order valence-electron chi connectivity index (χ3n) is 6.90. The SMILES string of the molecule is Cn1c(CN2CCOCC2)nnc1C1CCCN(CCCC2CCCC2)C1. The smallest absolute Gasteiger partial charge is 0.146 e. The first-order valence-corrected chi connectivity index (χ1v) is 11.2. The number of likely N-dealkylation sites (tertiary alicyclic amines) is 1. The van der Waals surface area contributed by atoms with Crippen molar-refractivity contribution in [3.05, 3.63) is 11.6 Å². The van der Waals surface area contributed by atoms with Crippen LogP contribution >= 0.6 is 0 Å². The van der Waals surface area contributed by atoms with E-state index in [9.17, 15) is 0 Å². The van der Waals surface area contributed by atoms with Crippen LogP contribution in [0.3, 0.4) is 0 Å². The molecule has 3 heterocycles. The first-order chi connectivity index (χ1) is 13.3. The first-order valence-electron chi connectivity index (χ1n) is 11.2. The highest BCUT2D eigenvalue weighted by Gasteiger charge is 2.26. The highest BCUT2D eigenvalue weighted by atomic mass is 16.5. The number of piperidine rings is 1. The average molecular weight is 376 g/mol. The maximum absolute atomic E-state index is 5.45. The molecule has 2 saturated heterocycles. The quantitative estimate of drug-likeness (QED) is 0.733. The van der Waals surface area contributed by atoms with Crippen molar-refractivity contribution in [1.82, 2.24) is 24.6 Å². The van der Waals surface area contributed by atoms with E-state index in [0.29, 0.717) is 5.92 Å². The Morgan fingerprint density at radius 3 is 2.59 bits per heavy atom. The molecule has 1 aromatic rings. The standard InChI is InChI=1S/C21H37N5O/c1-24-20(17-26-12-14-27-15-13-26)22-23-21(24)19-9-5-11-25(16-19)10-4-8-18-6-2-3-7-18/h18-19H,2-17H2,1H3. The van der Waals surface area contributed by atoms with Crippen molar-refractivity contribution in [2.75, 3.05) is 45.9 Å². The Kier molecular flexibility index (Phi) is 6.79. The molecule has 27 heavy (non-hydrogen) atoms. The van der Waals surface area contributed by atoms with Gasteiger partial charge in [0.05, 0.1) is 19.8 Å². The predicted octanol–water partition coefficient (Wildman–Crippen LogP) is 2.80. The zero-order valence-electron chi connectivity index (χ0n) is 17.1. The fourth-order valence-corrected chi connectivity index (χ4v) is 5.20. The summed E-state index contributed by atoms with van der Waals surface area (Å²) in [4.78, 5) is 5.10. The lowest BCUT2D eigenvalue weighted by Crippen LogP contribution is -2.37. The molecule has 1 atom stereocenters. The summed E-state index contributed by atoms with van der Waals surface area (Å²) in [6.07, 6.45) is 11.3. The molecule has 1 saturated carbocycles. The van der Waals surface area contributed by atoms with E-state index in [0.717, 1.165) is 51.1 Å². The highest BCUT2D eigenvalue weighted by molar-refractivity contribution is 5.04. The van der Waals surface area contributed by atoms with Crippen molar-refractivity contribution in [3.8, 4) is 0 Å². The number of rotatable bonds is 7. The maximum Gasteiger partial charge on any atom is 0.146 e. The maximum atomic E-state index is 5.45. The summed E-state index contributed by atoms with van der Waals surface area (Å²) in [7, 11) is 2.16. The average Bonchev–Trinajstić information content (AvgIpc) is 3.34. The number of morpholine rings is 1. The molecule has 0 radical (unpaired) electrons. The lowest BCUT2D eigenvalue weighted by atomic mass is 9.96.